The van der Waals surface area contributed by atoms with Gasteiger partial charge in [0.2, 0.25) is 5.91 Å². The van der Waals surface area contributed by atoms with Gasteiger partial charge in [0.1, 0.15) is 18.4 Å². The van der Waals surface area contributed by atoms with Gasteiger partial charge in [0.05, 0.1) is 6.54 Å². The quantitative estimate of drug-likeness (QED) is 0.699. The van der Waals surface area contributed by atoms with Crippen LogP contribution in [-0.2, 0) is 4.79 Å². The van der Waals surface area contributed by atoms with Gasteiger partial charge in [-0.2, -0.15) is 0 Å². The maximum Gasteiger partial charge on any atom is 0.244 e. The van der Waals surface area contributed by atoms with Crippen LogP contribution in [-0.4, -0.2) is 49.0 Å². The Morgan fingerprint density at radius 3 is 2.08 bits per heavy atom. The van der Waals surface area contributed by atoms with Crippen LogP contribution in [0.4, 0.5) is 0 Å². The Hall–Kier alpha value is -2.33. The lowest BCUT2D eigenvalue weighted by Crippen LogP contribution is -2.42. The molecule has 0 aliphatic carbocycles. The van der Waals surface area contributed by atoms with Gasteiger partial charge in [-0.3, -0.25) is 9.69 Å². The van der Waals surface area contributed by atoms with E-state index in [-0.39, 0.29) is 11.9 Å². The van der Waals surface area contributed by atoms with Crippen molar-refractivity contribution in [1.29, 1.82) is 0 Å². The first-order valence-corrected chi connectivity index (χ1v) is 8.89. The third kappa shape index (κ3) is 5.33. The normalized spacial score (nSPS) is 12.0. The van der Waals surface area contributed by atoms with Crippen LogP contribution >= 0.6 is 0 Å². The lowest BCUT2D eigenvalue weighted by Gasteiger charge is -2.32. The van der Waals surface area contributed by atoms with Gasteiger partial charge in [0.25, 0.3) is 0 Å². The number of carbonyl (C=O) groups excluding carboxylic acids is 1. The van der Waals surface area contributed by atoms with Crippen molar-refractivity contribution in [2.45, 2.75) is 19.9 Å². The van der Waals surface area contributed by atoms with Crippen molar-refractivity contribution in [3.8, 4) is 5.75 Å². The Morgan fingerprint density at radius 2 is 1.52 bits per heavy atom. The highest BCUT2D eigenvalue weighted by Crippen LogP contribution is 2.22. The minimum absolute atomic E-state index is 0.103. The molecule has 2 aromatic rings. The summed E-state index contributed by atoms with van der Waals surface area (Å²) in [5.41, 5.74) is 1.03. The molecule has 0 saturated heterocycles. The van der Waals surface area contributed by atoms with Crippen LogP contribution in [0.1, 0.15) is 25.5 Å². The molecule has 0 heterocycles. The predicted octanol–water partition coefficient (Wildman–Crippen LogP) is 3.61. The van der Waals surface area contributed by atoms with Crippen molar-refractivity contribution in [1.82, 2.24) is 9.80 Å². The van der Waals surface area contributed by atoms with Crippen molar-refractivity contribution in [3.05, 3.63) is 66.2 Å². The van der Waals surface area contributed by atoms with E-state index in [1.54, 1.807) is 4.90 Å². The van der Waals surface area contributed by atoms with E-state index in [4.69, 9.17) is 4.74 Å². The number of nitrogens with zero attached hydrogens (tertiary/aromatic N) is 2. The molecule has 2 aromatic carbocycles. The monoisotopic (exact) mass is 340 g/mol. The molecule has 0 N–H and O–H groups in total. The van der Waals surface area contributed by atoms with E-state index in [1.165, 1.54) is 0 Å². The molecule has 0 fully saturated rings. The summed E-state index contributed by atoms with van der Waals surface area (Å²) in [5.74, 6) is 0.929. The Bertz CT molecular complexity index is 627. The predicted molar refractivity (Wildman–Crippen MR) is 102 cm³/mol. The molecular weight excluding hydrogens is 312 g/mol. The molecule has 0 aliphatic rings. The highest BCUT2D eigenvalue weighted by molar-refractivity contribution is 5.83. The second-order valence-corrected chi connectivity index (χ2v) is 5.96. The van der Waals surface area contributed by atoms with Gasteiger partial charge >= 0.3 is 0 Å². The SMILES string of the molecule is CCN(CC)C(C(=O)N(C)CCOc1ccccc1)c1ccccc1. The molecule has 0 saturated carbocycles. The zero-order chi connectivity index (χ0) is 18.1. The van der Waals surface area contributed by atoms with E-state index >= 15 is 0 Å². The molecular formula is C21H28N2O2. The third-order valence-electron chi connectivity index (χ3n) is 4.34. The van der Waals surface area contributed by atoms with E-state index in [9.17, 15) is 4.79 Å². The minimum atomic E-state index is -0.252. The van der Waals surface area contributed by atoms with E-state index in [1.807, 2.05) is 67.7 Å². The van der Waals surface area contributed by atoms with E-state index in [0.29, 0.717) is 13.2 Å². The fourth-order valence-corrected chi connectivity index (χ4v) is 2.87. The topological polar surface area (TPSA) is 32.8 Å². The van der Waals surface area contributed by atoms with Crippen LogP contribution in [0.25, 0.3) is 0 Å². The minimum Gasteiger partial charge on any atom is -0.492 e. The molecule has 25 heavy (non-hydrogen) atoms. The maximum atomic E-state index is 13.1. The molecule has 1 amide bonds. The van der Waals surface area contributed by atoms with Gasteiger partial charge in [0.15, 0.2) is 0 Å². The molecule has 134 valence electrons. The first-order valence-electron chi connectivity index (χ1n) is 8.89. The number of ether oxygens (including phenoxy) is 1. The van der Waals surface area contributed by atoms with Crippen LogP contribution in [0.15, 0.2) is 60.7 Å². The molecule has 1 unspecified atom stereocenters. The highest BCUT2D eigenvalue weighted by Gasteiger charge is 2.28. The summed E-state index contributed by atoms with van der Waals surface area (Å²) in [6, 6.07) is 19.4. The maximum absolute atomic E-state index is 13.1. The van der Waals surface area contributed by atoms with Crippen molar-refractivity contribution >= 4 is 5.91 Å². The van der Waals surface area contributed by atoms with Crippen LogP contribution in [0.2, 0.25) is 0 Å². The second-order valence-electron chi connectivity index (χ2n) is 5.96. The standard InChI is InChI=1S/C21H28N2O2/c1-4-23(5-2)20(18-12-8-6-9-13-18)21(24)22(3)16-17-25-19-14-10-7-11-15-19/h6-15,20H,4-5,16-17H2,1-3H3. The number of benzene rings is 2. The number of rotatable bonds is 9. The number of amides is 1. The molecule has 0 aromatic heterocycles. The Kier molecular flexibility index (Phi) is 7.48. The van der Waals surface area contributed by atoms with E-state index < -0.39 is 0 Å². The average molecular weight is 340 g/mol. The summed E-state index contributed by atoms with van der Waals surface area (Å²) in [6.07, 6.45) is 0. The lowest BCUT2D eigenvalue weighted by atomic mass is 10.0. The molecule has 4 heteroatoms. The molecule has 0 spiro atoms. The molecule has 4 nitrogen and oxygen atoms in total. The first kappa shape index (κ1) is 19.0. The van der Waals surface area contributed by atoms with E-state index in [2.05, 4.69) is 18.7 Å². The van der Waals surface area contributed by atoms with Crippen molar-refractivity contribution in [2.75, 3.05) is 33.3 Å². The van der Waals surface area contributed by atoms with Crippen LogP contribution in [0.5, 0.6) is 5.75 Å². The number of hydrogen-bond donors (Lipinski definition) is 0. The largest absolute Gasteiger partial charge is 0.492 e. The Balaban J connectivity index is 2.02. The molecule has 1 atom stereocenters. The first-order chi connectivity index (χ1) is 12.2. The summed E-state index contributed by atoms with van der Waals surface area (Å²) in [4.78, 5) is 17.0. The van der Waals surface area contributed by atoms with Crippen LogP contribution in [0.3, 0.4) is 0 Å². The Labute approximate surface area is 151 Å². The van der Waals surface area contributed by atoms with Gasteiger partial charge < -0.3 is 9.64 Å². The number of para-hydroxylation sites is 1. The third-order valence-corrected chi connectivity index (χ3v) is 4.34. The fourth-order valence-electron chi connectivity index (χ4n) is 2.87. The molecule has 2 rings (SSSR count). The van der Waals surface area contributed by atoms with Gasteiger partial charge in [-0.25, -0.2) is 0 Å². The summed E-state index contributed by atoms with van der Waals surface area (Å²) in [7, 11) is 1.84. The summed E-state index contributed by atoms with van der Waals surface area (Å²) in [6.45, 7) is 6.87. The summed E-state index contributed by atoms with van der Waals surface area (Å²) >= 11 is 0. The smallest absolute Gasteiger partial charge is 0.244 e. The molecule has 0 aliphatic heterocycles. The van der Waals surface area contributed by atoms with Gasteiger partial charge in [-0.15, -0.1) is 0 Å². The highest BCUT2D eigenvalue weighted by atomic mass is 16.5. The van der Waals surface area contributed by atoms with Crippen LogP contribution < -0.4 is 4.74 Å². The van der Waals surface area contributed by atoms with Crippen molar-refractivity contribution < 1.29 is 9.53 Å². The van der Waals surface area contributed by atoms with Crippen LogP contribution in [0, 0.1) is 0 Å². The average Bonchev–Trinajstić information content (AvgIpc) is 2.67. The zero-order valence-electron chi connectivity index (χ0n) is 15.4. The summed E-state index contributed by atoms with van der Waals surface area (Å²) < 4.78 is 5.72. The van der Waals surface area contributed by atoms with Crippen molar-refractivity contribution in [2.24, 2.45) is 0 Å². The van der Waals surface area contributed by atoms with Crippen molar-refractivity contribution in [3.63, 3.8) is 0 Å². The lowest BCUT2D eigenvalue weighted by molar-refractivity contribution is -0.136. The van der Waals surface area contributed by atoms with Gasteiger partial charge in [-0.05, 0) is 30.8 Å². The zero-order valence-corrected chi connectivity index (χ0v) is 15.4. The summed E-state index contributed by atoms with van der Waals surface area (Å²) in [5, 5.41) is 0. The molecule has 0 bridgehead atoms. The molecule has 0 radical (unpaired) electrons. The second kappa shape index (κ2) is 9.84. The van der Waals surface area contributed by atoms with Gasteiger partial charge in [0, 0.05) is 7.05 Å². The van der Waals surface area contributed by atoms with Gasteiger partial charge in [-0.1, -0.05) is 62.4 Å². The number of carbonyl (C=O) groups is 1. The number of hydrogen-bond acceptors (Lipinski definition) is 3. The van der Waals surface area contributed by atoms with E-state index in [0.717, 1.165) is 24.4 Å². The number of likely N-dealkylation sites (N-methyl/N-ethyl adjacent to an activating group) is 2. The fraction of sp³-hybridized carbons (Fsp3) is 0.381. The Morgan fingerprint density at radius 1 is 0.960 bits per heavy atom.